The van der Waals surface area contributed by atoms with Crippen molar-refractivity contribution in [3.05, 3.63) is 44.5 Å². The molecule has 0 N–H and O–H groups in total. The zero-order valence-corrected chi connectivity index (χ0v) is 12.1. The highest BCUT2D eigenvalue weighted by molar-refractivity contribution is 6.32. The van der Waals surface area contributed by atoms with E-state index in [9.17, 15) is 14.9 Å². The lowest BCUT2D eigenvalue weighted by Crippen LogP contribution is -2.07. The van der Waals surface area contributed by atoms with Crippen molar-refractivity contribution in [3.8, 4) is 6.07 Å². The molecule has 0 saturated heterocycles. The van der Waals surface area contributed by atoms with Crippen LogP contribution in [0.1, 0.15) is 25.3 Å². The van der Waals surface area contributed by atoms with Crippen LogP contribution in [0.15, 0.2) is 23.8 Å². The van der Waals surface area contributed by atoms with Gasteiger partial charge < -0.3 is 4.74 Å². The molecule has 0 aliphatic heterocycles. The number of hydrogen-bond donors (Lipinski definition) is 0. The van der Waals surface area contributed by atoms with Crippen LogP contribution in [0.2, 0.25) is 5.02 Å². The number of carbonyl (C=O) groups is 1. The molecule has 110 valence electrons. The summed E-state index contributed by atoms with van der Waals surface area (Å²) >= 11 is 5.69. The number of carbonyl (C=O) groups excluding carboxylic acids is 1. The van der Waals surface area contributed by atoms with Crippen molar-refractivity contribution in [2.45, 2.75) is 19.8 Å². The summed E-state index contributed by atoms with van der Waals surface area (Å²) in [5.41, 5.74) is -0.181. The van der Waals surface area contributed by atoms with E-state index in [0.717, 1.165) is 6.42 Å². The minimum Gasteiger partial charge on any atom is -0.462 e. The van der Waals surface area contributed by atoms with Gasteiger partial charge in [-0.05, 0) is 24.1 Å². The molecule has 0 fully saturated rings. The van der Waals surface area contributed by atoms with Crippen LogP contribution in [-0.4, -0.2) is 17.5 Å². The topological polar surface area (TPSA) is 93.2 Å². The summed E-state index contributed by atoms with van der Waals surface area (Å²) in [7, 11) is 0. The third kappa shape index (κ3) is 4.89. The van der Waals surface area contributed by atoms with Gasteiger partial charge in [0.2, 0.25) is 0 Å². The molecule has 1 aromatic carbocycles. The lowest BCUT2D eigenvalue weighted by atomic mass is 10.1. The number of nitrogens with zero attached hydrogens (tertiary/aromatic N) is 2. The number of halogens is 1. The maximum Gasteiger partial charge on any atom is 0.348 e. The zero-order valence-electron chi connectivity index (χ0n) is 11.3. The quantitative estimate of drug-likeness (QED) is 0.200. The van der Waals surface area contributed by atoms with Crippen molar-refractivity contribution in [2.24, 2.45) is 0 Å². The first-order valence-electron chi connectivity index (χ1n) is 6.22. The monoisotopic (exact) mass is 308 g/mol. The Morgan fingerprint density at radius 1 is 1.57 bits per heavy atom. The summed E-state index contributed by atoms with van der Waals surface area (Å²) in [6, 6.07) is 5.73. The van der Waals surface area contributed by atoms with Gasteiger partial charge in [-0.2, -0.15) is 5.26 Å². The summed E-state index contributed by atoms with van der Waals surface area (Å²) in [6.45, 7) is 2.18. The zero-order chi connectivity index (χ0) is 15.8. The number of rotatable bonds is 6. The van der Waals surface area contributed by atoms with E-state index in [0.29, 0.717) is 12.0 Å². The second kappa shape index (κ2) is 8.02. The molecule has 0 radical (unpaired) electrons. The molecule has 0 bridgehead atoms. The van der Waals surface area contributed by atoms with Crippen LogP contribution in [0.4, 0.5) is 5.69 Å². The molecule has 21 heavy (non-hydrogen) atoms. The molecule has 0 spiro atoms. The number of nitro groups is 1. The van der Waals surface area contributed by atoms with E-state index < -0.39 is 10.9 Å². The number of benzene rings is 1. The van der Waals surface area contributed by atoms with Crippen molar-refractivity contribution >= 4 is 29.3 Å². The Hall–Kier alpha value is -2.39. The maximum atomic E-state index is 11.7. The van der Waals surface area contributed by atoms with E-state index in [1.807, 2.05) is 6.92 Å². The Kier molecular flexibility index (Phi) is 6.37. The first kappa shape index (κ1) is 16.7. The molecule has 6 nitrogen and oxygen atoms in total. The Balaban J connectivity index is 2.98. The van der Waals surface area contributed by atoms with E-state index in [1.165, 1.54) is 24.3 Å². The van der Waals surface area contributed by atoms with Crippen LogP contribution in [0.3, 0.4) is 0 Å². The highest BCUT2D eigenvalue weighted by Crippen LogP contribution is 2.26. The fourth-order valence-electron chi connectivity index (χ4n) is 1.45. The van der Waals surface area contributed by atoms with Gasteiger partial charge in [0.1, 0.15) is 16.7 Å². The van der Waals surface area contributed by atoms with Gasteiger partial charge >= 0.3 is 5.97 Å². The van der Waals surface area contributed by atoms with Crippen LogP contribution in [-0.2, 0) is 9.53 Å². The van der Waals surface area contributed by atoms with E-state index in [4.69, 9.17) is 21.6 Å². The van der Waals surface area contributed by atoms with Crippen molar-refractivity contribution in [1.82, 2.24) is 0 Å². The smallest absolute Gasteiger partial charge is 0.348 e. The van der Waals surface area contributed by atoms with Gasteiger partial charge in [0.15, 0.2) is 0 Å². The molecule has 0 amide bonds. The van der Waals surface area contributed by atoms with Crippen LogP contribution in [0.25, 0.3) is 6.08 Å². The molecule has 0 aliphatic carbocycles. The normalized spacial score (nSPS) is 10.8. The number of hydrogen-bond acceptors (Lipinski definition) is 5. The molecule has 0 unspecified atom stereocenters. The molecular weight excluding hydrogens is 296 g/mol. The highest BCUT2D eigenvalue weighted by atomic mass is 35.5. The summed E-state index contributed by atoms with van der Waals surface area (Å²) in [5.74, 6) is -0.747. The number of nitro benzene ring substituents is 1. The fourth-order valence-corrected chi connectivity index (χ4v) is 1.64. The minimum absolute atomic E-state index is 0.0128. The number of unbranched alkanes of at least 4 members (excludes halogenated alkanes) is 1. The highest BCUT2D eigenvalue weighted by Gasteiger charge is 2.14. The molecular formula is C14H13ClN2O4. The van der Waals surface area contributed by atoms with Gasteiger partial charge in [-0.25, -0.2) is 4.79 Å². The van der Waals surface area contributed by atoms with E-state index in [-0.39, 0.29) is 22.9 Å². The van der Waals surface area contributed by atoms with E-state index in [2.05, 4.69) is 0 Å². The SMILES string of the molecule is CCCCOC(=O)/C(C#N)=C/c1ccc(Cl)c([N+](=O)[O-])c1. The Labute approximate surface area is 126 Å². The second-order valence-corrected chi connectivity index (χ2v) is 4.53. The van der Waals surface area contributed by atoms with E-state index in [1.54, 1.807) is 6.07 Å². The molecule has 0 saturated carbocycles. The average molecular weight is 309 g/mol. The molecule has 1 rings (SSSR count). The van der Waals surface area contributed by atoms with Crippen molar-refractivity contribution in [2.75, 3.05) is 6.61 Å². The predicted octanol–water partition coefficient (Wildman–Crippen LogP) is 3.50. The Morgan fingerprint density at radius 2 is 2.29 bits per heavy atom. The van der Waals surface area contributed by atoms with Crippen molar-refractivity contribution in [3.63, 3.8) is 0 Å². The molecule has 0 heterocycles. The number of nitriles is 1. The maximum absolute atomic E-state index is 11.7. The van der Waals surface area contributed by atoms with Crippen LogP contribution in [0, 0.1) is 21.4 Å². The molecule has 7 heteroatoms. The first-order chi connectivity index (χ1) is 9.99. The third-order valence-corrected chi connectivity index (χ3v) is 2.87. The molecule has 0 aliphatic rings. The van der Waals surface area contributed by atoms with Crippen molar-refractivity contribution in [1.29, 1.82) is 5.26 Å². The predicted molar refractivity (Wildman–Crippen MR) is 77.6 cm³/mol. The third-order valence-electron chi connectivity index (χ3n) is 2.55. The van der Waals surface area contributed by atoms with E-state index >= 15 is 0 Å². The standard InChI is InChI=1S/C14H13ClN2O4/c1-2-3-6-21-14(18)11(9-16)7-10-4-5-12(15)13(8-10)17(19)20/h4-5,7-8H,2-3,6H2,1H3/b11-7+. The Bertz CT molecular complexity index is 620. The van der Waals surface area contributed by atoms with Gasteiger partial charge in [0.05, 0.1) is 11.5 Å². The van der Waals surface area contributed by atoms with Crippen molar-refractivity contribution < 1.29 is 14.5 Å². The van der Waals surface area contributed by atoms with Gasteiger partial charge in [-0.15, -0.1) is 0 Å². The summed E-state index contributed by atoms with van der Waals surface area (Å²) in [4.78, 5) is 21.8. The number of ether oxygens (including phenoxy) is 1. The lowest BCUT2D eigenvalue weighted by molar-refractivity contribution is -0.384. The summed E-state index contributed by atoms with van der Waals surface area (Å²) in [6.07, 6.45) is 2.80. The van der Waals surface area contributed by atoms with Gasteiger partial charge in [-0.1, -0.05) is 31.0 Å². The van der Waals surface area contributed by atoms with Gasteiger partial charge in [0.25, 0.3) is 5.69 Å². The first-order valence-corrected chi connectivity index (χ1v) is 6.60. The number of esters is 1. The van der Waals surface area contributed by atoms with Gasteiger partial charge in [-0.3, -0.25) is 10.1 Å². The van der Waals surface area contributed by atoms with Crippen LogP contribution < -0.4 is 0 Å². The molecule has 0 aromatic heterocycles. The minimum atomic E-state index is -0.747. The van der Waals surface area contributed by atoms with Crippen LogP contribution in [0.5, 0.6) is 0 Å². The fraction of sp³-hybridized carbons (Fsp3) is 0.286. The van der Waals surface area contributed by atoms with Crippen LogP contribution >= 0.6 is 11.6 Å². The summed E-state index contributed by atoms with van der Waals surface area (Å²) in [5, 5.41) is 19.7. The summed E-state index contributed by atoms with van der Waals surface area (Å²) < 4.78 is 4.92. The largest absolute Gasteiger partial charge is 0.462 e. The molecule has 1 aromatic rings. The lowest BCUT2D eigenvalue weighted by Gasteiger charge is -2.02. The Morgan fingerprint density at radius 3 is 2.86 bits per heavy atom. The average Bonchev–Trinajstić information content (AvgIpc) is 2.46. The second-order valence-electron chi connectivity index (χ2n) is 4.13. The van der Waals surface area contributed by atoms with Gasteiger partial charge in [0, 0.05) is 6.07 Å². The molecule has 0 atom stereocenters.